The van der Waals surface area contributed by atoms with Crippen LogP contribution >= 0.6 is 0 Å². The summed E-state index contributed by atoms with van der Waals surface area (Å²) in [6, 6.07) is 16.0. The standard InChI is InChI=1S/C26H30N2O5/c1-28(14-13-25(30)31)24(29)15-23(17-7-6-8-17)27-26(32)33-16-22-20-11-4-2-9-18(20)19-10-3-5-12-21(19)22/h2-5,9-12,17,22-23H,6-8,13-16H2,1H3,(H,27,32)(H,30,31). The van der Waals surface area contributed by atoms with Crippen molar-refractivity contribution in [2.24, 2.45) is 5.92 Å². The van der Waals surface area contributed by atoms with Gasteiger partial charge in [-0.25, -0.2) is 4.79 Å². The summed E-state index contributed by atoms with van der Waals surface area (Å²) < 4.78 is 5.66. The van der Waals surface area contributed by atoms with Crippen molar-refractivity contribution in [2.75, 3.05) is 20.2 Å². The lowest BCUT2D eigenvalue weighted by molar-refractivity contribution is -0.138. The first-order valence-corrected chi connectivity index (χ1v) is 11.5. The second-order valence-electron chi connectivity index (χ2n) is 8.93. The van der Waals surface area contributed by atoms with Crippen molar-refractivity contribution in [3.8, 4) is 11.1 Å². The molecule has 2 amide bonds. The second-order valence-corrected chi connectivity index (χ2v) is 8.93. The van der Waals surface area contributed by atoms with Gasteiger partial charge < -0.3 is 20.1 Å². The number of carbonyl (C=O) groups excluding carboxylic acids is 2. The Morgan fingerprint density at radius 3 is 2.21 bits per heavy atom. The van der Waals surface area contributed by atoms with Crippen LogP contribution in [-0.2, 0) is 14.3 Å². The molecule has 33 heavy (non-hydrogen) atoms. The van der Waals surface area contributed by atoms with E-state index in [4.69, 9.17) is 9.84 Å². The Hall–Kier alpha value is -3.35. The fraction of sp³-hybridized carbons (Fsp3) is 0.423. The summed E-state index contributed by atoms with van der Waals surface area (Å²) in [6.07, 6.45) is 2.52. The number of aliphatic carboxylic acids is 1. The lowest BCUT2D eigenvalue weighted by Gasteiger charge is -2.34. The van der Waals surface area contributed by atoms with Gasteiger partial charge in [-0.15, -0.1) is 0 Å². The van der Waals surface area contributed by atoms with Gasteiger partial charge >= 0.3 is 12.1 Å². The van der Waals surface area contributed by atoms with Gasteiger partial charge in [0.1, 0.15) is 6.61 Å². The van der Waals surface area contributed by atoms with Crippen LogP contribution in [0.1, 0.15) is 49.1 Å². The highest BCUT2D eigenvalue weighted by Gasteiger charge is 2.33. The van der Waals surface area contributed by atoms with E-state index >= 15 is 0 Å². The van der Waals surface area contributed by atoms with Gasteiger partial charge in [-0.2, -0.15) is 0 Å². The quantitative estimate of drug-likeness (QED) is 0.602. The van der Waals surface area contributed by atoms with Crippen LogP contribution in [0.25, 0.3) is 11.1 Å². The van der Waals surface area contributed by atoms with E-state index in [0.717, 1.165) is 30.4 Å². The number of fused-ring (bicyclic) bond motifs is 3. The zero-order chi connectivity index (χ0) is 23.4. The zero-order valence-electron chi connectivity index (χ0n) is 18.8. The molecule has 1 fully saturated rings. The average molecular weight is 451 g/mol. The van der Waals surface area contributed by atoms with Gasteiger partial charge in [0, 0.05) is 32.0 Å². The highest BCUT2D eigenvalue weighted by atomic mass is 16.5. The molecule has 7 heteroatoms. The highest BCUT2D eigenvalue weighted by Crippen LogP contribution is 2.44. The Morgan fingerprint density at radius 1 is 1.06 bits per heavy atom. The summed E-state index contributed by atoms with van der Waals surface area (Å²) in [5, 5.41) is 11.8. The smallest absolute Gasteiger partial charge is 0.407 e. The van der Waals surface area contributed by atoms with Crippen LogP contribution in [-0.4, -0.2) is 54.2 Å². The van der Waals surface area contributed by atoms with Crippen LogP contribution in [0.2, 0.25) is 0 Å². The van der Waals surface area contributed by atoms with E-state index in [2.05, 4.69) is 29.6 Å². The molecule has 1 atom stereocenters. The van der Waals surface area contributed by atoms with Crippen molar-refractivity contribution in [1.82, 2.24) is 10.2 Å². The van der Waals surface area contributed by atoms with E-state index in [1.54, 1.807) is 7.05 Å². The van der Waals surface area contributed by atoms with Crippen molar-refractivity contribution in [2.45, 2.75) is 44.1 Å². The molecule has 7 nitrogen and oxygen atoms in total. The number of hydrogen-bond acceptors (Lipinski definition) is 4. The van der Waals surface area contributed by atoms with E-state index in [1.807, 2.05) is 24.3 Å². The summed E-state index contributed by atoms with van der Waals surface area (Å²) >= 11 is 0. The molecule has 0 radical (unpaired) electrons. The minimum absolute atomic E-state index is 0.0194. The number of carboxylic acids is 1. The SMILES string of the molecule is CN(CCC(=O)O)C(=O)CC(NC(=O)OCC1c2ccccc2-c2ccccc21)C1CCC1. The molecule has 2 aliphatic carbocycles. The Balaban J connectivity index is 1.37. The number of nitrogens with one attached hydrogen (secondary N) is 1. The summed E-state index contributed by atoms with van der Waals surface area (Å²) in [5.41, 5.74) is 4.64. The number of benzene rings is 2. The fourth-order valence-corrected chi connectivity index (χ4v) is 4.70. The molecule has 1 unspecified atom stereocenters. The molecule has 0 spiro atoms. The minimum Gasteiger partial charge on any atom is -0.481 e. The first kappa shape index (κ1) is 22.8. The van der Waals surface area contributed by atoms with Gasteiger partial charge in [0.25, 0.3) is 0 Å². The van der Waals surface area contributed by atoms with Crippen LogP contribution in [0.5, 0.6) is 0 Å². The molecule has 0 heterocycles. The molecule has 1 saturated carbocycles. The maximum absolute atomic E-state index is 12.7. The number of hydrogen-bond donors (Lipinski definition) is 2. The molecule has 2 aliphatic rings. The van der Waals surface area contributed by atoms with E-state index in [0.29, 0.717) is 0 Å². The van der Waals surface area contributed by atoms with Crippen LogP contribution < -0.4 is 5.32 Å². The van der Waals surface area contributed by atoms with E-state index in [-0.39, 0.29) is 49.8 Å². The van der Waals surface area contributed by atoms with Crippen LogP contribution in [0.4, 0.5) is 4.79 Å². The van der Waals surface area contributed by atoms with Crippen LogP contribution in [0.3, 0.4) is 0 Å². The normalized spacial score (nSPS) is 15.7. The molecule has 4 rings (SSSR count). The predicted octanol–water partition coefficient (Wildman–Crippen LogP) is 4.02. The predicted molar refractivity (Wildman–Crippen MR) is 124 cm³/mol. The van der Waals surface area contributed by atoms with Crippen molar-refractivity contribution in [1.29, 1.82) is 0 Å². The Bertz CT molecular complexity index is 987. The Labute approximate surface area is 193 Å². The largest absolute Gasteiger partial charge is 0.481 e. The summed E-state index contributed by atoms with van der Waals surface area (Å²) in [5.74, 6) is -0.898. The molecular formula is C26H30N2O5. The first-order chi connectivity index (χ1) is 15.9. The third-order valence-electron chi connectivity index (χ3n) is 6.85. The molecule has 2 N–H and O–H groups in total. The summed E-state index contributed by atoms with van der Waals surface area (Å²) in [4.78, 5) is 37.5. The maximum atomic E-state index is 12.7. The molecule has 2 aromatic carbocycles. The van der Waals surface area contributed by atoms with Crippen molar-refractivity contribution in [3.63, 3.8) is 0 Å². The number of ether oxygens (including phenoxy) is 1. The lowest BCUT2D eigenvalue weighted by atomic mass is 9.78. The van der Waals surface area contributed by atoms with Gasteiger partial charge in [-0.3, -0.25) is 9.59 Å². The molecular weight excluding hydrogens is 420 g/mol. The minimum atomic E-state index is -0.943. The number of rotatable bonds is 9. The Morgan fingerprint density at radius 2 is 1.67 bits per heavy atom. The second kappa shape index (κ2) is 10.1. The number of carbonyl (C=O) groups is 3. The topological polar surface area (TPSA) is 95.9 Å². The fourth-order valence-electron chi connectivity index (χ4n) is 4.70. The van der Waals surface area contributed by atoms with Crippen LogP contribution in [0.15, 0.2) is 48.5 Å². The average Bonchev–Trinajstić information content (AvgIpc) is 3.08. The van der Waals surface area contributed by atoms with Gasteiger partial charge in [0.2, 0.25) is 5.91 Å². The van der Waals surface area contributed by atoms with Crippen LogP contribution in [0, 0.1) is 5.92 Å². The summed E-state index contributed by atoms with van der Waals surface area (Å²) in [7, 11) is 1.59. The van der Waals surface area contributed by atoms with Gasteiger partial charge in [0.15, 0.2) is 0 Å². The van der Waals surface area contributed by atoms with Gasteiger partial charge in [-0.1, -0.05) is 55.0 Å². The highest BCUT2D eigenvalue weighted by molar-refractivity contribution is 5.80. The van der Waals surface area contributed by atoms with Crippen molar-refractivity contribution in [3.05, 3.63) is 59.7 Å². The van der Waals surface area contributed by atoms with Crippen molar-refractivity contribution < 1.29 is 24.2 Å². The molecule has 174 valence electrons. The van der Waals surface area contributed by atoms with Crippen molar-refractivity contribution >= 4 is 18.0 Å². The molecule has 2 aromatic rings. The zero-order valence-corrected chi connectivity index (χ0v) is 18.8. The third kappa shape index (κ3) is 5.18. The van der Waals surface area contributed by atoms with Gasteiger partial charge in [0.05, 0.1) is 6.42 Å². The molecule has 0 saturated heterocycles. The molecule has 0 aliphatic heterocycles. The number of alkyl carbamates (subject to hydrolysis) is 1. The molecule has 0 aromatic heterocycles. The van der Waals surface area contributed by atoms with E-state index in [9.17, 15) is 14.4 Å². The molecule has 0 bridgehead atoms. The number of carboxylic acid groups (broad SMARTS) is 1. The Kier molecular flexibility index (Phi) is 6.96. The van der Waals surface area contributed by atoms with E-state index < -0.39 is 12.1 Å². The third-order valence-corrected chi connectivity index (χ3v) is 6.85. The summed E-state index contributed by atoms with van der Waals surface area (Å²) in [6.45, 7) is 0.375. The monoisotopic (exact) mass is 450 g/mol. The first-order valence-electron chi connectivity index (χ1n) is 11.5. The van der Waals surface area contributed by atoms with Gasteiger partial charge in [-0.05, 0) is 41.0 Å². The van der Waals surface area contributed by atoms with E-state index in [1.165, 1.54) is 16.0 Å². The maximum Gasteiger partial charge on any atom is 0.407 e. The number of nitrogens with zero attached hydrogens (tertiary/aromatic N) is 1. The lowest BCUT2D eigenvalue weighted by Crippen LogP contribution is -2.46. The number of amides is 2.